The molecular weight excluding hydrogens is 240 g/mol. The van der Waals surface area contributed by atoms with Crippen LogP contribution in [0.25, 0.3) is 0 Å². The van der Waals surface area contributed by atoms with Crippen LogP contribution in [0.3, 0.4) is 0 Å². The van der Waals surface area contributed by atoms with Gasteiger partial charge in [0.15, 0.2) is 0 Å². The molecule has 0 radical (unpaired) electrons. The summed E-state index contributed by atoms with van der Waals surface area (Å²) in [6.07, 6.45) is 3.09. The number of rotatable bonds is 3. The van der Waals surface area contributed by atoms with Gasteiger partial charge in [0.05, 0.1) is 24.1 Å². The Hall–Kier alpha value is -1.81. The zero-order chi connectivity index (χ0) is 12.3. The highest BCUT2D eigenvalue weighted by atomic mass is 35.5. The Balaban J connectivity index is 2.09. The van der Waals surface area contributed by atoms with Crippen molar-refractivity contribution >= 4 is 17.5 Å². The summed E-state index contributed by atoms with van der Waals surface area (Å²) in [6, 6.07) is 7.13. The molecule has 0 saturated heterocycles. The molecule has 1 amide bonds. The first-order chi connectivity index (χ1) is 8.18. The molecule has 0 saturated carbocycles. The highest BCUT2D eigenvalue weighted by Crippen LogP contribution is 2.18. The summed E-state index contributed by atoms with van der Waals surface area (Å²) in [5.41, 5.74) is 1.19. The van der Waals surface area contributed by atoms with E-state index in [1.807, 2.05) is 18.2 Å². The van der Waals surface area contributed by atoms with E-state index in [4.69, 9.17) is 16.0 Å². The largest absolute Gasteiger partial charge is 0.452 e. The van der Waals surface area contributed by atoms with Gasteiger partial charge in [0.25, 0.3) is 5.91 Å². The Kier molecular flexibility index (Phi) is 3.44. The van der Waals surface area contributed by atoms with Crippen LogP contribution in [0, 0.1) is 0 Å². The molecule has 2 aromatic heterocycles. The topological polar surface area (TPSA) is 46.3 Å². The zero-order valence-corrected chi connectivity index (χ0v) is 10.0. The van der Waals surface area contributed by atoms with Crippen molar-refractivity contribution in [3.63, 3.8) is 0 Å². The number of nitrogens with zero attached hydrogens (tertiary/aromatic N) is 2. The molecule has 2 aromatic rings. The monoisotopic (exact) mass is 250 g/mol. The van der Waals surface area contributed by atoms with Gasteiger partial charge in [-0.25, -0.2) is 0 Å². The van der Waals surface area contributed by atoms with E-state index in [1.54, 1.807) is 24.2 Å². The van der Waals surface area contributed by atoms with Gasteiger partial charge in [-0.05, 0) is 29.8 Å². The summed E-state index contributed by atoms with van der Waals surface area (Å²) in [5.74, 6) is -0.186. The molecule has 5 heteroatoms. The normalized spacial score (nSPS) is 10.2. The second-order valence-corrected chi connectivity index (χ2v) is 3.93. The number of hydrogen-bond acceptors (Lipinski definition) is 3. The van der Waals surface area contributed by atoms with Crippen LogP contribution < -0.4 is 0 Å². The summed E-state index contributed by atoms with van der Waals surface area (Å²) in [5, 5.41) is 0.114. The molecule has 88 valence electrons. The fourth-order valence-electron chi connectivity index (χ4n) is 1.46. The third kappa shape index (κ3) is 2.65. The van der Waals surface area contributed by atoms with Gasteiger partial charge in [-0.3, -0.25) is 9.78 Å². The number of amides is 1. The number of halogens is 1. The van der Waals surface area contributed by atoms with E-state index in [2.05, 4.69) is 4.98 Å². The molecule has 0 aromatic carbocycles. The van der Waals surface area contributed by atoms with Crippen molar-refractivity contribution in [3.8, 4) is 0 Å². The van der Waals surface area contributed by atoms with Crippen LogP contribution in [0.4, 0.5) is 0 Å². The SMILES string of the molecule is CN(Cc1ccccn1)C(=O)c1ccoc1Cl. The lowest BCUT2D eigenvalue weighted by atomic mass is 10.2. The van der Waals surface area contributed by atoms with Gasteiger partial charge in [-0.15, -0.1) is 0 Å². The second kappa shape index (κ2) is 5.01. The molecule has 0 atom stereocenters. The van der Waals surface area contributed by atoms with E-state index in [-0.39, 0.29) is 11.1 Å². The lowest BCUT2D eigenvalue weighted by Crippen LogP contribution is -2.26. The van der Waals surface area contributed by atoms with Crippen molar-refractivity contribution < 1.29 is 9.21 Å². The average molecular weight is 251 g/mol. The number of furan rings is 1. The van der Waals surface area contributed by atoms with Gasteiger partial charge in [0.2, 0.25) is 5.22 Å². The Bertz CT molecular complexity index is 510. The molecule has 0 fully saturated rings. The van der Waals surface area contributed by atoms with Gasteiger partial charge in [0, 0.05) is 13.2 Å². The Morgan fingerprint density at radius 3 is 2.88 bits per heavy atom. The maximum absolute atomic E-state index is 12.0. The predicted molar refractivity (Wildman–Crippen MR) is 63.8 cm³/mol. The Labute approximate surface area is 104 Å². The summed E-state index contributed by atoms with van der Waals surface area (Å²) >= 11 is 5.75. The summed E-state index contributed by atoms with van der Waals surface area (Å²) in [7, 11) is 1.69. The Morgan fingerprint density at radius 2 is 2.29 bits per heavy atom. The maximum atomic E-state index is 12.0. The number of hydrogen-bond donors (Lipinski definition) is 0. The molecule has 17 heavy (non-hydrogen) atoms. The second-order valence-electron chi connectivity index (χ2n) is 3.59. The summed E-state index contributed by atoms with van der Waals surface area (Å²) in [4.78, 5) is 17.7. The van der Waals surface area contributed by atoms with E-state index >= 15 is 0 Å². The average Bonchev–Trinajstić information content (AvgIpc) is 2.76. The van der Waals surface area contributed by atoms with Gasteiger partial charge in [0.1, 0.15) is 0 Å². The van der Waals surface area contributed by atoms with Gasteiger partial charge < -0.3 is 9.32 Å². The van der Waals surface area contributed by atoms with Crippen LogP contribution in [-0.2, 0) is 6.54 Å². The van der Waals surface area contributed by atoms with E-state index in [1.165, 1.54) is 6.26 Å². The maximum Gasteiger partial charge on any atom is 0.258 e. The van der Waals surface area contributed by atoms with Gasteiger partial charge >= 0.3 is 0 Å². The van der Waals surface area contributed by atoms with E-state index < -0.39 is 0 Å². The smallest absolute Gasteiger partial charge is 0.258 e. The Morgan fingerprint density at radius 1 is 1.47 bits per heavy atom. The number of pyridine rings is 1. The van der Waals surface area contributed by atoms with Gasteiger partial charge in [-0.1, -0.05) is 6.07 Å². The van der Waals surface area contributed by atoms with Crippen molar-refractivity contribution in [1.82, 2.24) is 9.88 Å². The highest BCUT2D eigenvalue weighted by Gasteiger charge is 2.17. The lowest BCUT2D eigenvalue weighted by molar-refractivity contribution is 0.0783. The minimum atomic E-state index is -0.186. The van der Waals surface area contributed by atoms with Gasteiger partial charge in [-0.2, -0.15) is 0 Å². The van der Waals surface area contributed by atoms with Crippen molar-refractivity contribution in [3.05, 3.63) is 53.2 Å². The van der Waals surface area contributed by atoms with E-state index in [0.717, 1.165) is 5.69 Å². The van der Waals surface area contributed by atoms with Crippen molar-refractivity contribution in [2.45, 2.75) is 6.54 Å². The first kappa shape index (κ1) is 11.7. The van der Waals surface area contributed by atoms with Crippen molar-refractivity contribution in [2.75, 3.05) is 7.05 Å². The quantitative estimate of drug-likeness (QED) is 0.841. The number of aromatic nitrogens is 1. The van der Waals surface area contributed by atoms with E-state index in [0.29, 0.717) is 12.1 Å². The molecule has 0 spiro atoms. The van der Waals surface area contributed by atoms with Crippen molar-refractivity contribution in [2.24, 2.45) is 0 Å². The molecule has 4 nitrogen and oxygen atoms in total. The summed E-state index contributed by atoms with van der Waals surface area (Å²) in [6.45, 7) is 0.432. The predicted octanol–water partition coefficient (Wildman–Crippen LogP) is 2.60. The number of carbonyl (C=O) groups is 1. The first-order valence-electron chi connectivity index (χ1n) is 5.07. The van der Waals surface area contributed by atoms with E-state index in [9.17, 15) is 4.79 Å². The molecule has 0 aliphatic carbocycles. The summed E-state index contributed by atoms with van der Waals surface area (Å²) < 4.78 is 4.89. The zero-order valence-electron chi connectivity index (χ0n) is 9.26. The molecule has 0 unspecified atom stereocenters. The standard InChI is InChI=1S/C12H11ClN2O2/c1-15(8-9-4-2-3-6-14-9)12(16)10-5-7-17-11(10)13/h2-7H,8H2,1H3. The molecule has 2 heterocycles. The van der Waals surface area contributed by atoms with Crippen LogP contribution in [0.1, 0.15) is 16.1 Å². The van der Waals surface area contributed by atoms with Crippen LogP contribution in [-0.4, -0.2) is 22.8 Å². The molecule has 0 N–H and O–H groups in total. The third-order valence-corrected chi connectivity index (χ3v) is 2.61. The molecule has 0 aliphatic heterocycles. The van der Waals surface area contributed by atoms with Crippen molar-refractivity contribution in [1.29, 1.82) is 0 Å². The fourth-order valence-corrected chi connectivity index (χ4v) is 1.65. The van der Waals surface area contributed by atoms with Crippen LogP contribution in [0.5, 0.6) is 0 Å². The van der Waals surface area contributed by atoms with Crippen LogP contribution in [0.15, 0.2) is 41.1 Å². The van der Waals surface area contributed by atoms with Crippen LogP contribution in [0.2, 0.25) is 5.22 Å². The lowest BCUT2D eigenvalue weighted by Gasteiger charge is -2.15. The third-order valence-electron chi connectivity index (χ3n) is 2.32. The highest BCUT2D eigenvalue weighted by molar-refractivity contribution is 6.32. The minimum absolute atomic E-state index is 0.114. The van der Waals surface area contributed by atoms with Crippen LogP contribution >= 0.6 is 11.6 Å². The first-order valence-corrected chi connectivity index (χ1v) is 5.44. The molecule has 0 bridgehead atoms. The molecule has 0 aliphatic rings. The molecular formula is C12H11ClN2O2. The fraction of sp³-hybridized carbons (Fsp3) is 0.167. The molecule has 2 rings (SSSR count). The number of carbonyl (C=O) groups excluding carboxylic acids is 1. The minimum Gasteiger partial charge on any atom is -0.452 e.